The van der Waals surface area contributed by atoms with Gasteiger partial charge in [-0.05, 0) is 60.9 Å². The predicted octanol–water partition coefficient (Wildman–Crippen LogP) is 3.13. The first-order chi connectivity index (χ1) is 14.4. The van der Waals surface area contributed by atoms with E-state index in [0.29, 0.717) is 24.2 Å². The van der Waals surface area contributed by atoms with E-state index in [9.17, 15) is 12.8 Å². The second-order valence-corrected chi connectivity index (χ2v) is 8.84. The lowest BCUT2D eigenvalue weighted by molar-refractivity contribution is 0.408. The highest BCUT2D eigenvalue weighted by Crippen LogP contribution is 2.26. The molecule has 9 heteroatoms. The summed E-state index contributed by atoms with van der Waals surface area (Å²) in [7, 11) is -1.80. The molecule has 0 saturated carbocycles. The van der Waals surface area contributed by atoms with Crippen LogP contribution in [0, 0.1) is 5.82 Å². The maximum absolute atomic E-state index is 13.6. The van der Waals surface area contributed by atoms with E-state index in [2.05, 4.69) is 15.2 Å². The van der Waals surface area contributed by atoms with Crippen molar-refractivity contribution in [3.05, 3.63) is 72.1 Å². The Morgan fingerprint density at radius 1 is 1.10 bits per heavy atom. The zero-order chi connectivity index (χ0) is 21.3. The molecule has 0 aliphatic carbocycles. The van der Waals surface area contributed by atoms with Gasteiger partial charge in [0.05, 0.1) is 7.11 Å². The molecular weight excluding hydrogens is 407 g/mol. The number of hydrogen-bond acceptors (Lipinski definition) is 6. The first kappa shape index (κ1) is 20.0. The number of sulfone groups is 1. The van der Waals surface area contributed by atoms with E-state index >= 15 is 0 Å². The molecule has 0 saturated heterocycles. The van der Waals surface area contributed by atoms with Gasteiger partial charge in [-0.25, -0.2) is 17.8 Å². The fraction of sp³-hybridized carbons (Fsp3) is 0.190. The van der Waals surface area contributed by atoms with Crippen LogP contribution in [0.4, 0.5) is 4.39 Å². The Kier molecular flexibility index (Phi) is 5.21. The van der Waals surface area contributed by atoms with Crippen molar-refractivity contribution in [1.29, 1.82) is 0 Å². The molecule has 7 nitrogen and oxygen atoms in total. The summed E-state index contributed by atoms with van der Waals surface area (Å²) in [6.45, 7) is 0. The number of pyridine rings is 2. The Balaban J connectivity index is 1.66. The molecule has 0 atom stereocenters. The minimum Gasteiger partial charge on any atom is -0.496 e. The lowest BCUT2D eigenvalue weighted by atomic mass is 10.0. The van der Waals surface area contributed by atoms with Gasteiger partial charge in [0.25, 0.3) is 0 Å². The zero-order valence-electron chi connectivity index (χ0n) is 16.4. The topological polar surface area (TPSA) is 86.5 Å². The van der Waals surface area contributed by atoms with Gasteiger partial charge >= 0.3 is 0 Å². The van der Waals surface area contributed by atoms with E-state index in [1.807, 2.05) is 16.5 Å². The first-order valence-corrected chi connectivity index (χ1v) is 11.1. The maximum atomic E-state index is 13.6. The number of fused-ring (bicyclic) bond motifs is 1. The van der Waals surface area contributed by atoms with Crippen LogP contribution in [0.1, 0.15) is 11.3 Å². The van der Waals surface area contributed by atoms with Crippen molar-refractivity contribution in [2.24, 2.45) is 0 Å². The third-order valence-corrected chi connectivity index (χ3v) is 5.86. The molecule has 0 amide bonds. The van der Waals surface area contributed by atoms with Crippen LogP contribution in [-0.4, -0.2) is 41.4 Å². The van der Waals surface area contributed by atoms with Crippen molar-refractivity contribution < 1.29 is 17.5 Å². The number of ether oxygens (including phenoxy) is 1. The molecule has 0 aliphatic heterocycles. The van der Waals surface area contributed by atoms with Gasteiger partial charge in [0, 0.05) is 29.3 Å². The fourth-order valence-electron chi connectivity index (χ4n) is 3.36. The van der Waals surface area contributed by atoms with Crippen LogP contribution in [0.2, 0.25) is 0 Å². The van der Waals surface area contributed by atoms with Crippen molar-refractivity contribution >= 4 is 15.5 Å². The van der Waals surface area contributed by atoms with Crippen molar-refractivity contribution in [3.63, 3.8) is 0 Å². The van der Waals surface area contributed by atoms with Crippen molar-refractivity contribution in [1.82, 2.24) is 19.6 Å². The lowest BCUT2D eigenvalue weighted by Crippen LogP contribution is -2.03. The quantitative estimate of drug-likeness (QED) is 0.471. The molecule has 4 aromatic rings. The molecule has 1 aromatic carbocycles. The second kappa shape index (κ2) is 7.83. The maximum Gasteiger partial charge on any atom is 0.192 e. The van der Waals surface area contributed by atoms with E-state index in [4.69, 9.17) is 4.74 Å². The average molecular weight is 426 g/mol. The minimum absolute atomic E-state index is 0.0180. The van der Waals surface area contributed by atoms with Gasteiger partial charge in [-0.1, -0.05) is 0 Å². The van der Waals surface area contributed by atoms with Crippen LogP contribution in [0.25, 0.3) is 16.8 Å². The SMILES string of the molecule is COc1ccc(F)cc1CCc1ccc(-c2ccc(S(C)(=O)=O)nc2)c2nncn12. The third kappa shape index (κ3) is 3.88. The highest BCUT2D eigenvalue weighted by Gasteiger charge is 2.14. The summed E-state index contributed by atoms with van der Waals surface area (Å²) in [6.07, 6.45) is 5.46. The molecule has 30 heavy (non-hydrogen) atoms. The molecule has 4 rings (SSSR count). The molecule has 3 aromatic heterocycles. The van der Waals surface area contributed by atoms with Crippen LogP contribution in [0.5, 0.6) is 5.75 Å². The Labute approximate surface area is 173 Å². The molecule has 0 bridgehead atoms. The summed E-state index contributed by atoms with van der Waals surface area (Å²) < 4.78 is 44.1. The van der Waals surface area contributed by atoms with Gasteiger partial charge in [0.15, 0.2) is 20.5 Å². The van der Waals surface area contributed by atoms with E-state index < -0.39 is 9.84 Å². The second-order valence-electron chi connectivity index (χ2n) is 6.88. The van der Waals surface area contributed by atoms with Gasteiger partial charge in [-0.2, -0.15) is 0 Å². The number of rotatable bonds is 6. The number of methoxy groups -OCH3 is 1. The van der Waals surface area contributed by atoms with Crippen LogP contribution >= 0.6 is 0 Å². The first-order valence-electron chi connectivity index (χ1n) is 9.17. The molecular formula is C21H19FN4O3S. The monoisotopic (exact) mass is 426 g/mol. The molecule has 0 spiro atoms. The van der Waals surface area contributed by atoms with Gasteiger partial charge in [-0.15, -0.1) is 10.2 Å². The molecule has 154 valence electrons. The molecule has 3 heterocycles. The number of aromatic nitrogens is 4. The number of aryl methyl sites for hydroxylation is 2. The molecule has 0 radical (unpaired) electrons. The number of halogens is 1. The number of hydrogen-bond donors (Lipinski definition) is 0. The van der Waals surface area contributed by atoms with Crippen molar-refractivity contribution in [2.45, 2.75) is 17.9 Å². The Bertz CT molecular complexity index is 1320. The van der Waals surface area contributed by atoms with E-state index in [1.54, 1.807) is 25.6 Å². The summed E-state index contributed by atoms with van der Waals surface area (Å²) in [5, 5.41) is 8.25. The number of nitrogens with zero attached hydrogens (tertiary/aromatic N) is 4. The standard InChI is InChI=1S/C21H19FN4O3S/c1-29-19-9-5-16(22)11-14(19)3-6-17-7-8-18(21-25-24-13-26(17)21)15-4-10-20(23-12-15)30(2,27)28/h4-5,7-13H,3,6H2,1-2H3. The average Bonchev–Trinajstić information content (AvgIpc) is 3.22. The predicted molar refractivity (Wildman–Crippen MR) is 110 cm³/mol. The highest BCUT2D eigenvalue weighted by molar-refractivity contribution is 7.90. The smallest absolute Gasteiger partial charge is 0.192 e. The van der Waals surface area contributed by atoms with Gasteiger partial charge < -0.3 is 4.74 Å². The highest BCUT2D eigenvalue weighted by atomic mass is 32.2. The van der Waals surface area contributed by atoms with E-state index in [-0.39, 0.29) is 10.8 Å². The Morgan fingerprint density at radius 2 is 1.93 bits per heavy atom. The molecule has 0 fully saturated rings. The number of benzene rings is 1. The van der Waals surface area contributed by atoms with Gasteiger partial charge in [-0.3, -0.25) is 4.40 Å². The van der Waals surface area contributed by atoms with Crippen LogP contribution in [-0.2, 0) is 22.7 Å². The minimum atomic E-state index is -3.36. The summed E-state index contributed by atoms with van der Waals surface area (Å²) in [6, 6.07) is 11.5. The van der Waals surface area contributed by atoms with Crippen LogP contribution in [0.3, 0.4) is 0 Å². The van der Waals surface area contributed by atoms with E-state index in [0.717, 1.165) is 28.6 Å². The fourth-order valence-corrected chi connectivity index (χ4v) is 3.92. The third-order valence-electron chi connectivity index (χ3n) is 4.86. The molecule has 0 N–H and O–H groups in total. The zero-order valence-corrected chi connectivity index (χ0v) is 17.2. The van der Waals surface area contributed by atoms with Crippen molar-refractivity contribution in [2.75, 3.05) is 13.4 Å². The summed E-state index contributed by atoms with van der Waals surface area (Å²) >= 11 is 0. The summed E-state index contributed by atoms with van der Waals surface area (Å²) in [4.78, 5) is 4.05. The molecule has 0 unspecified atom stereocenters. The lowest BCUT2D eigenvalue weighted by Gasteiger charge is -2.11. The van der Waals surface area contributed by atoms with Crippen LogP contribution < -0.4 is 4.74 Å². The van der Waals surface area contributed by atoms with E-state index in [1.165, 1.54) is 24.4 Å². The normalized spacial score (nSPS) is 11.7. The Hall–Kier alpha value is -3.33. The van der Waals surface area contributed by atoms with Crippen LogP contribution in [0.15, 0.2) is 60.0 Å². The van der Waals surface area contributed by atoms with Gasteiger partial charge in [0.1, 0.15) is 17.9 Å². The van der Waals surface area contributed by atoms with Gasteiger partial charge in [0.2, 0.25) is 0 Å². The summed E-state index contributed by atoms with van der Waals surface area (Å²) in [5.41, 5.74) is 3.88. The Morgan fingerprint density at radius 3 is 2.63 bits per heavy atom. The largest absolute Gasteiger partial charge is 0.496 e. The van der Waals surface area contributed by atoms with Crippen molar-refractivity contribution in [3.8, 4) is 16.9 Å². The molecule has 0 aliphatic rings. The summed E-state index contributed by atoms with van der Waals surface area (Å²) in [5.74, 6) is 0.339.